The average molecular weight is 238 g/mol. The Labute approximate surface area is 106 Å². The van der Waals surface area contributed by atoms with E-state index in [0.717, 1.165) is 11.3 Å². The fraction of sp³-hybridized carbons (Fsp3) is 0.133. The lowest BCUT2D eigenvalue weighted by molar-refractivity contribution is -0.117. The van der Waals surface area contributed by atoms with Crippen LogP contribution >= 0.6 is 0 Å². The van der Waals surface area contributed by atoms with Crippen LogP contribution in [-0.2, 0) is 4.79 Å². The van der Waals surface area contributed by atoms with Gasteiger partial charge in [-0.25, -0.2) is 10.4 Å². The minimum absolute atomic E-state index is 0.0684. The van der Waals surface area contributed by atoms with E-state index in [1.54, 1.807) is 5.01 Å². The third-order valence-corrected chi connectivity index (χ3v) is 3.13. The highest BCUT2D eigenvalue weighted by atomic mass is 16.2. The van der Waals surface area contributed by atoms with Gasteiger partial charge in [0, 0.05) is 6.42 Å². The molecule has 3 nitrogen and oxygen atoms in total. The molecule has 0 saturated carbocycles. The standard InChI is InChI=1S/C15H14N2O/c18-15-11-14(12-7-3-1-4-8-12)16-17(15)13-9-5-2-6-10-13/h1-10,14,16H,11H2. The molecule has 3 rings (SSSR count). The lowest BCUT2D eigenvalue weighted by Gasteiger charge is -2.18. The van der Waals surface area contributed by atoms with Crippen molar-refractivity contribution in [2.24, 2.45) is 0 Å². The van der Waals surface area contributed by atoms with Crippen LogP contribution in [0, 0.1) is 0 Å². The van der Waals surface area contributed by atoms with Crippen molar-refractivity contribution in [2.75, 3.05) is 5.01 Å². The Balaban J connectivity index is 1.83. The molecular formula is C15H14N2O. The number of benzene rings is 2. The van der Waals surface area contributed by atoms with Crippen LogP contribution in [0.1, 0.15) is 18.0 Å². The lowest BCUT2D eigenvalue weighted by Crippen LogP contribution is -2.34. The molecule has 1 aliphatic rings. The molecule has 1 heterocycles. The van der Waals surface area contributed by atoms with Gasteiger partial charge >= 0.3 is 0 Å². The van der Waals surface area contributed by atoms with Crippen LogP contribution in [0.5, 0.6) is 0 Å². The number of nitrogens with one attached hydrogen (secondary N) is 1. The maximum atomic E-state index is 12.0. The minimum atomic E-state index is 0.0684. The van der Waals surface area contributed by atoms with E-state index in [1.165, 1.54) is 0 Å². The van der Waals surface area contributed by atoms with Crippen molar-refractivity contribution in [1.29, 1.82) is 0 Å². The number of carbonyl (C=O) groups is 1. The first kappa shape index (κ1) is 11.0. The molecule has 0 aliphatic carbocycles. The summed E-state index contributed by atoms with van der Waals surface area (Å²) in [7, 11) is 0. The van der Waals surface area contributed by atoms with Crippen molar-refractivity contribution in [2.45, 2.75) is 12.5 Å². The number of hydrogen-bond donors (Lipinski definition) is 1. The number of carbonyl (C=O) groups excluding carboxylic acids is 1. The topological polar surface area (TPSA) is 32.3 Å². The van der Waals surface area contributed by atoms with Crippen LogP contribution in [0.25, 0.3) is 0 Å². The fourth-order valence-electron chi connectivity index (χ4n) is 2.21. The second-order valence-corrected chi connectivity index (χ2v) is 4.36. The molecule has 18 heavy (non-hydrogen) atoms. The van der Waals surface area contributed by atoms with Crippen LogP contribution < -0.4 is 10.4 Å². The fourth-order valence-corrected chi connectivity index (χ4v) is 2.21. The molecule has 1 fully saturated rings. The summed E-state index contributed by atoms with van der Waals surface area (Å²) < 4.78 is 0. The molecule has 3 heteroatoms. The van der Waals surface area contributed by atoms with Gasteiger partial charge in [-0.15, -0.1) is 0 Å². The Kier molecular flexibility index (Phi) is 2.82. The predicted molar refractivity (Wildman–Crippen MR) is 70.9 cm³/mol. The van der Waals surface area contributed by atoms with Crippen LogP contribution in [-0.4, -0.2) is 5.91 Å². The minimum Gasteiger partial charge on any atom is -0.273 e. The van der Waals surface area contributed by atoms with E-state index in [2.05, 4.69) is 5.43 Å². The van der Waals surface area contributed by atoms with E-state index in [1.807, 2.05) is 60.7 Å². The van der Waals surface area contributed by atoms with E-state index in [9.17, 15) is 4.79 Å². The van der Waals surface area contributed by atoms with E-state index in [-0.39, 0.29) is 11.9 Å². The normalized spacial score (nSPS) is 19.2. The Morgan fingerprint density at radius 2 is 1.56 bits per heavy atom. The van der Waals surface area contributed by atoms with Gasteiger partial charge < -0.3 is 0 Å². The summed E-state index contributed by atoms with van der Waals surface area (Å²) in [5.41, 5.74) is 5.29. The van der Waals surface area contributed by atoms with Crippen LogP contribution in [0.2, 0.25) is 0 Å². The number of para-hydroxylation sites is 1. The molecule has 0 aromatic heterocycles. The summed E-state index contributed by atoms with van der Waals surface area (Å²) in [5, 5.41) is 1.64. The van der Waals surface area contributed by atoms with Gasteiger partial charge in [-0.1, -0.05) is 48.5 Å². The Morgan fingerprint density at radius 1 is 0.944 bits per heavy atom. The van der Waals surface area contributed by atoms with Crippen LogP contribution in [0.3, 0.4) is 0 Å². The van der Waals surface area contributed by atoms with Crippen LogP contribution in [0.4, 0.5) is 5.69 Å². The van der Waals surface area contributed by atoms with Gasteiger partial charge in [0.2, 0.25) is 5.91 Å². The van der Waals surface area contributed by atoms with Crippen molar-refractivity contribution in [3.63, 3.8) is 0 Å². The Bertz CT molecular complexity index is 539. The second kappa shape index (κ2) is 4.63. The molecule has 0 spiro atoms. The molecule has 1 unspecified atom stereocenters. The largest absolute Gasteiger partial charge is 0.273 e. The summed E-state index contributed by atoms with van der Waals surface area (Å²) in [4.78, 5) is 12.0. The summed E-state index contributed by atoms with van der Waals surface area (Å²) >= 11 is 0. The van der Waals surface area contributed by atoms with Gasteiger partial charge in [-0.3, -0.25) is 4.79 Å². The molecule has 1 atom stereocenters. The highest BCUT2D eigenvalue weighted by Gasteiger charge is 2.30. The first-order valence-electron chi connectivity index (χ1n) is 6.04. The maximum Gasteiger partial charge on any atom is 0.243 e. The number of hydrogen-bond acceptors (Lipinski definition) is 2. The molecule has 1 saturated heterocycles. The van der Waals surface area contributed by atoms with Gasteiger partial charge in [0.15, 0.2) is 0 Å². The van der Waals surface area contributed by atoms with E-state index >= 15 is 0 Å². The van der Waals surface area contributed by atoms with Crippen molar-refractivity contribution in [3.05, 3.63) is 66.2 Å². The molecule has 90 valence electrons. The van der Waals surface area contributed by atoms with Gasteiger partial charge in [0.25, 0.3) is 0 Å². The first-order valence-corrected chi connectivity index (χ1v) is 6.04. The van der Waals surface area contributed by atoms with Crippen LogP contribution in [0.15, 0.2) is 60.7 Å². The monoisotopic (exact) mass is 238 g/mol. The van der Waals surface area contributed by atoms with E-state index in [4.69, 9.17) is 0 Å². The molecule has 1 aliphatic heterocycles. The molecule has 1 amide bonds. The number of rotatable bonds is 2. The molecule has 0 bridgehead atoms. The molecule has 0 radical (unpaired) electrons. The van der Waals surface area contributed by atoms with Crippen molar-refractivity contribution in [3.8, 4) is 0 Å². The predicted octanol–water partition coefficient (Wildman–Crippen LogP) is 2.67. The second-order valence-electron chi connectivity index (χ2n) is 4.36. The number of amides is 1. The number of hydrazine groups is 1. The SMILES string of the molecule is O=C1CC(c2ccccc2)NN1c1ccccc1. The summed E-state index contributed by atoms with van der Waals surface area (Å²) in [6, 6.07) is 19.8. The van der Waals surface area contributed by atoms with E-state index < -0.39 is 0 Å². The van der Waals surface area contributed by atoms with Gasteiger partial charge in [0.1, 0.15) is 0 Å². The molecular weight excluding hydrogens is 224 g/mol. The zero-order chi connectivity index (χ0) is 12.4. The van der Waals surface area contributed by atoms with Gasteiger partial charge in [-0.05, 0) is 17.7 Å². The summed E-state index contributed by atoms with van der Waals surface area (Å²) in [5.74, 6) is 0.107. The number of anilines is 1. The van der Waals surface area contributed by atoms with Crippen molar-refractivity contribution in [1.82, 2.24) is 5.43 Å². The quantitative estimate of drug-likeness (QED) is 0.872. The molecule has 2 aromatic rings. The highest BCUT2D eigenvalue weighted by Crippen LogP contribution is 2.27. The third kappa shape index (κ3) is 2.00. The Hall–Kier alpha value is -2.13. The summed E-state index contributed by atoms with van der Waals surface area (Å²) in [6.45, 7) is 0. The molecule has 1 N–H and O–H groups in total. The average Bonchev–Trinajstić information content (AvgIpc) is 2.83. The van der Waals surface area contributed by atoms with Crippen molar-refractivity contribution < 1.29 is 4.79 Å². The van der Waals surface area contributed by atoms with Gasteiger partial charge in [-0.2, -0.15) is 0 Å². The summed E-state index contributed by atoms with van der Waals surface area (Å²) in [6.07, 6.45) is 0.499. The van der Waals surface area contributed by atoms with Crippen molar-refractivity contribution >= 4 is 11.6 Å². The first-order chi connectivity index (χ1) is 8.84. The molecule has 2 aromatic carbocycles. The lowest BCUT2D eigenvalue weighted by atomic mass is 10.1. The zero-order valence-corrected chi connectivity index (χ0v) is 9.91. The third-order valence-electron chi connectivity index (χ3n) is 3.13. The zero-order valence-electron chi connectivity index (χ0n) is 9.91. The Morgan fingerprint density at radius 3 is 2.22 bits per heavy atom. The number of nitrogens with zero attached hydrogens (tertiary/aromatic N) is 1. The highest BCUT2D eigenvalue weighted by molar-refractivity contribution is 5.95. The smallest absolute Gasteiger partial charge is 0.243 e. The van der Waals surface area contributed by atoms with E-state index in [0.29, 0.717) is 6.42 Å². The van der Waals surface area contributed by atoms with Gasteiger partial charge in [0.05, 0.1) is 11.7 Å². The maximum absolute atomic E-state index is 12.0.